The van der Waals surface area contributed by atoms with Gasteiger partial charge in [-0.1, -0.05) is 5.16 Å². The Morgan fingerprint density at radius 1 is 1.40 bits per heavy atom. The van der Waals surface area contributed by atoms with E-state index in [2.05, 4.69) is 19.6 Å². The number of hydrogen-bond acceptors (Lipinski definition) is 6. The molecule has 15 heavy (non-hydrogen) atoms. The van der Waals surface area contributed by atoms with Gasteiger partial charge in [-0.25, -0.2) is 14.8 Å². The minimum absolute atomic E-state index is 0.126. The van der Waals surface area contributed by atoms with Crippen LogP contribution in [0.4, 0.5) is 5.88 Å². The fourth-order valence-corrected chi connectivity index (χ4v) is 1.13. The molecule has 0 bridgehead atoms. The van der Waals surface area contributed by atoms with Crippen LogP contribution in [0.25, 0.3) is 11.3 Å². The molecular weight excluding hydrogens is 200 g/mol. The van der Waals surface area contributed by atoms with Gasteiger partial charge in [-0.3, -0.25) is 0 Å². The van der Waals surface area contributed by atoms with Crippen LogP contribution < -0.4 is 5.73 Å². The fourth-order valence-electron chi connectivity index (χ4n) is 1.13. The number of hydrogen-bond donors (Lipinski definition) is 2. The second-order valence-corrected chi connectivity index (χ2v) is 2.70. The molecule has 0 aliphatic carbocycles. The van der Waals surface area contributed by atoms with Gasteiger partial charge in [0.1, 0.15) is 12.0 Å². The molecule has 7 heteroatoms. The van der Waals surface area contributed by atoms with Crippen molar-refractivity contribution >= 4 is 11.9 Å². The minimum atomic E-state index is -1.20. The zero-order valence-electron chi connectivity index (χ0n) is 7.41. The topological polar surface area (TPSA) is 115 Å². The van der Waals surface area contributed by atoms with Gasteiger partial charge in [0.15, 0.2) is 5.56 Å². The minimum Gasteiger partial charge on any atom is -0.477 e. The lowest BCUT2D eigenvalue weighted by Crippen LogP contribution is -2.01. The largest absolute Gasteiger partial charge is 0.477 e. The summed E-state index contributed by atoms with van der Waals surface area (Å²) >= 11 is 0. The first kappa shape index (κ1) is 9.13. The second kappa shape index (κ2) is 3.37. The Morgan fingerprint density at radius 2 is 2.07 bits per heavy atom. The lowest BCUT2D eigenvalue weighted by molar-refractivity contribution is 0.0698. The molecule has 0 unspecified atom stereocenters. The highest BCUT2D eigenvalue weighted by Crippen LogP contribution is 2.25. The van der Waals surface area contributed by atoms with Gasteiger partial charge in [-0.15, -0.1) is 0 Å². The molecule has 0 aromatic carbocycles. The summed E-state index contributed by atoms with van der Waals surface area (Å²) in [6.45, 7) is 0. The third-order valence-electron chi connectivity index (χ3n) is 1.77. The molecule has 0 aliphatic rings. The Hall–Kier alpha value is -2.44. The molecule has 0 atom stereocenters. The van der Waals surface area contributed by atoms with Gasteiger partial charge in [0.2, 0.25) is 5.88 Å². The van der Waals surface area contributed by atoms with Crippen LogP contribution in [0, 0.1) is 0 Å². The van der Waals surface area contributed by atoms with Crippen molar-refractivity contribution in [2.24, 2.45) is 0 Å². The predicted octanol–water partition coefficient (Wildman–Crippen LogP) is 0.412. The van der Waals surface area contributed by atoms with Gasteiger partial charge in [0.25, 0.3) is 0 Å². The highest BCUT2D eigenvalue weighted by atomic mass is 16.5. The SMILES string of the molecule is Nc1onc(-c2cncnc2)c1C(=O)O. The molecule has 2 aromatic heterocycles. The standard InChI is InChI=1S/C8H6N4O3/c9-7-5(8(13)14)6(12-15-7)4-1-10-3-11-2-4/h1-3H,9H2,(H,13,14). The lowest BCUT2D eigenvalue weighted by atomic mass is 10.1. The van der Waals surface area contributed by atoms with Crippen LogP contribution in [0.15, 0.2) is 23.2 Å². The van der Waals surface area contributed by atoms with Crippen molar-refractivity contribution in [3.05, 3.63) is 24.3 Å². The van der Waals surface area contributed by atoms with Crippen molar-refractivity contribution in [2.75, 3.05) is 5.73 Å². The van der Waals surface area contributed by atoms with Gasteiger partial charge in [0, 0.05) is 18.0 Å². The van der Waals surface area contributed by atoms with Crippen LogP contribution in [-0.4, -0.2) is 26.2 Å². The van der Waals surface area contributed by atoms with E-state index in [1.54, 1.807) is 0 Å². The number of carboxylic acids is 1. The monoisotopic (exact) mass is 206 g/mol. The molecular formula is C8H6N4O3. The maximum absolute atomic E-state index is 10.9. The normalized spacial score (nSPS) is 10.1. The van der Waals surface area contributed by atoms with Crippen LogP contribution in [0.3, 0.4) is 0 Å². The molecule has 0 fully saturated rings. The molecule has 2 rings (SSSR count). The highest BCUT2D eigenvalue weighted by molar-refractivity contribution is 5.98. The first-order valence-electron chi connectivity index (χ1n) is 3.94. The number of nitrogen functional groups attached to an aromatic ring is 1. The van der Waals surface area contributed by atoms with E-state index in [4.69, 9.17) is 10.8 Å². The van der Waals surface area contributed by atoms with Gasteiger partial charge in [-0.2, -0.15) is 0 Å². The molecule has 0 aliphatic heterocycles. The number of carbonyl (C=O) groups is 1. The van der Waals surface area contributed by atoms with Crippen molar-refractivity contribution in [1.29, 1.82) is 0 Å². The second-order valence-electron chi connectivity index (χ2n) is 2.70. The average Bonchev–Trinajstić information content (AvgIpc) is 2.61. The highest BCUT2D eigenvalue weighted by Gasteiger charge is 2.21. The molecule has 0 amide bonds. The summed E-state index contributed by atoms with van der Waals surface area (Å²) in [4.78, 5) is 18.3. The van der Waals surface area contributed by atoms with Crippen molar-refractivity contribution in [3.63, 3.8) is 0 Å². The molecule has 0 radical (unpaired) electrons. The summed E-state index contributed by atoms with van der Waals surface area (Å²) < 4.78 is 4.60. The Balaban J connectivity index is 2.59. The van der Waals surface area contributed by atoms with Crippen molar-refractivity contribution < 1.29 is 14.4 Å². The summed E-state index contributed by atoms with van der Waals surface area (Å²) in [5, 5.41) is 12.4. The third kappa shape index (κ3) is 1.50. The predicted molar refractivity (Wildman–Crippen MR) is 48.9 cm³/mol. The van der Waals surface area contributed by atoms with Crippen LogP contribution in [0.1, 0.15) is 10.4 Å². The van der Waals surface area contributed by atoms with Crippen LogP contribution in [-0.2, 0) is 0 Å². The first-order valence-corrected chi connectivity index (χ1v) is 3.94. The number of carboxylic acid groups (broad SMARTS) is 1. The molecule has 7 nitrogen and oxygen atoms in total. The van der Waals surface area contributed by atoms with Gasteiger partial charge in [-0.05, 0) is 0 Å². The quantitative estimate of drug-likeness (QED) is 0.730. The van der Waals surface area contributed by atoms with Crippen LogP contribution in [0.2, 0.25) is 0 Å². The Labute approximate surface area is 83.6 Å². The van der Waals surface area contributed by atoms with E-state index in [1.165, 1.54) is 18.7 Å². The zero-order valence-corrected chi connectivity index (χ0v) is 7.41. The maximum Gasteiger partial charge on any atom is 0.343 e. The number of aromatic carboxylic acids is 1. The van der Waals surface area contributed by atoms with Crippen LogP contribution >= 0.6 is 0 Å². The third-order valence-corrected chi connectivity index (χ3v) is 1.77. The van der Waals surface area contributed by atoms with Crippen LogP contribution in [0.5, 0.6) is 0 Å². The summed E-state index contributed by atoms with van der Waals surface area (Å²) in [7, 11) is 0. The Kier molecular flexibility index (Phi) is 2.05. The zero-order chi connectivity index (χ0) is 10.8. The van der Waals surface area contributed by atoms with E-state index in [-0.39, 0.29) is 17.1 Å². The Bertz CT molecular complexity index is 494. The van der Waals surface area contributed by atoms with E-state index in [0.717, 1.165) is 0 Å². The summed E-state index contributed by atoms with van der Waals surface area (Å²) in [5.41, 5.74) is 5.72. The molecule has 76 valence electrons. The molecule has 0 saturated carbocycles. The molecule has 2 heterocycles. The van der Waals surface area contributed by atoms with E-state index in [0.29, 0.717) is 5.56 Å². The number of nitrogens with zero attached hydrogens (tertiary/aromatic N) is 3. The lowest BCUT2D eigenvalue weighted by Gasteiger charge is -1.95. The van der Waals surface area contributed by atoms with E-state index in [1.807, 2.05) is 0 Å². The maximum atomic E-state index is 10.9. The molecule has 0 spiro atoms. The summed E-state index contributed by atoms with van der Waals surface area (Å²) in [6.07, 6.45) is 4.18. The van der Waals surface area contributed by atoms with Gasteiger partial charge >= 0.3 is 5.97 Å². The number of anilines is 1. The first-order chi connectivity index (χ1) is 7.20. The smallest absolute Gasteiger partial charge is 0.343 e. The van der Waals surface area contributed by atoms with Gasteiger partial charge in [0.05, 0.1) is 0 Å². The average molecular weight is 206 g/mol. The van der Waals surface area contributed by atoms with E-state index < -0.39 is 5.97 Å². The van der Waals surface area contributed by atoms with Crippen molar-refractivity contribution in [2.45, 2.75) is 0 Å². The molecule has 3 N–H and O–H groups in total. The summed E-state index contributed by atoms with van der Waals surface area (Å²) in [5.74, 6) is -1.44. The molecule has 2 aromatic rings. The number of nitrogens with two attached hydrogens (primary N) is 1. The number of aromatic nitrogens is 3. The van der Waals surface area contributed by atoms with Gasteiger partial charge < -0.3 is 15.4 Å². The summed E-state index contributed by atoms with van der Waals surface area (Å²) in [6, 6.07) is 0. The molecule has 0 saturated heterocycles. The van der Waals surface area contributed by atoms with Crippen molar-refractivity contribution in [3.8, 4) is 11.3 Å². The van der Waals surface area contributed by atoms with E-state index >= 15 is 0 Å². The number of rotatable bonds is 2. The Morgan fingerprint density at radius 3 is 2.67 bits per heavy atom. The van der Waals surface area contributed by atoms with E-state index in [9.17, 15) is 4.79 Å². The van der Waals surface area contributed by atoms with Crippen molar-refractivity contribution in [1.82, 2.24) is 15.1 Å². The fraction of sp³-hybridized carbons (Fsp3) is 0.